The van der Waals surface area contributed by atoms with Crippen LogP contribution in [-0.2, 0) is 26.2 Å². The summed E-state index contributed by atoms with van der Waals surface area (Å²) < 4.78 is 26.8. The first-order chi connectivity index (χ1) is 14.0. The number of nitrogens with zero attached hydrogens (tertiary/aromatic N) is 2. The zero-order chi connectivity index (χ0) is 22.5. The van der Waals surface area contributed by atoms with Gasteiger partial charge in [0.25, 0.3) is 0 Å². The lowest BCUT2D eigenvalue weighted by atomic mass is 10.1. The molecule has 0 bridgehead atoms. The third-order valence-corrected chi connectivity index (χ3v) is 6.59. The lowest BCUT2D eigenvalue weighted by Crippen LogP contribution is -2.50. The van der Waals surface area contributed by atoms with E-state index < -0.39 is 28.5 Å². The number of halogens is 2. The SMILES string of the molecule is CNC(=O)[C@@H](C)N(Cc1ccc(Cl)cc1)C(=O)CN(c1ccc(I)cc1)S(C)(=O)=O. The Morgan fingerprint density at radius 1 is 1.10 bits per heavy atom. The van der Waals surface area contributed by atoms with Crippen molar-refractivity contribution in [3.8, 4) is 0 Å². The minimum atomic E-state index is -3.72. The fraction of sp³-hybridized carbons (Fsp3) is 0.300. The molecule has 0 aliphatic rings. The average Bonchev–Trinajstić information content (AvgIpc) is 2.70. The van der Waals surface area contributed by atoms with Crippen LogP contribution in [0.25, 0.3) is 0 Å². The Hall–Kier alpha value is -1.85. The van der Waals surface area contributed by atoms with E-state index in [9.17, 15) is 18.0 Å². The van der Waals surface area contributed by atoms with Crippen LogP contribution >= 0.6 is 34.2 Å². The van der Waals surface area contributed by atoms with Gasteiger partial charge in [-0.25, -0.2) is 8.42 Å². The van der Waals surface area contributed by atoms with E-state index in [2.05, 4.69) is 27.9 Å². The molecule has 0 saturated carbocycles. The van der Waals surface area contributed by atoms with Crippen LogP contribution in [-0.4, -0.2) is 51.0 Å². The van der Waals surface area contributed by atoms with Crippen molar-refractivity contribution in [1.82, 2.24) is 10.2 Å². The van der Waals surface area contributed by atoms with Crippen LogP contribution in [0.1, 0.15) is 12.5 Å². The molecule has 0 aromatic heterocycles. The van der Waals surface area contributed by atoms with E-state index in [1.165, 1.54) is 11.9 Å². The summed E-state index contributed by atoms with van der Waals surface area (Å²) in [6, 6.07) is 12.9. The van der Waals surface area contributed by atoms with Crippen molar-refractivity contribution in [1.29, 1.82) is 0 Å². The lowest BCUT2D eigenvalue weighted by Gasteiger charge is -2.31. The summed E-state index contributed by atoms with van der Waals surface area (Å²) in [5.41, 5.74) is 1.15. The zero-order valence-corrected chi connectivity index (χ0v) is 20.5. The number of nitrogens with one attached hydrogen (secondary N) is 1. The monoisotopic (exact) mass is 563 g/mol. The molecule has 2 aromatic rings. The lowest BCUT2D eigenvalue weighted by molar-refractivity contribution is -0.139. The first-order valence-corrected chi connectivity index (χ1v) is 12.3. The molecule has 0 aliphatic heterocycles. The molecule has 0 radical (unpaired) electrons. The standard InChI is InChI=1S/C20H23ClIN3O4S/c1-14(20(27)23-2)24(12-15-4-6-16(21)7-5-15)19(26)13-25(30(3,28)29)18-10-8-17(22)9-11-18/h4-11,14H,12-13H2,1-3H3,(H,23,27)/t14-/m1/s1. The summed E-state index contributed by atoms with van der Waals surface area (Å²) in [5.74, 6) is -0.845. The molecule has 1 N–H and O–H groups in total. The van der Waals surface area contributed by atoms with Gasteiger partial charge in [-0.15, -0.1) is 0 Å². The van der Waals surface area contributed by atoms with E-state index in [0.717, 1.165) is 19.7 Å². The molecule has 162 valence electrons. The molecule has 1 atom stereocenters. The van der Waals surface area contributed by atoms with Crippen molar-refractivity contribution in [2.24, 2.45) is 0 Å². The Morgan fingerprint density at radius 2 is 1.67 bits per heavy atom. The van der Waals surface area contributed by atoms with E-state index in [1.807, 2.05) is 0 Å². The van der Waals surface area contributed by atoms with E-state index in [4.69, 9.17) is 11.6 Å². The fourth-order valence-corrected chi connectivity index (χ4v) is 4.13. The number of benzene rings is 2. The molecule has 0 spiro atoms. The summed E-state index contributed by atoms with van der Waals surface area (Å²) >= 11 is 8.04. The van der Waals surface area contributed by atoms with Crippen LogP contribution in [0.3, 0.4) is 0 Å². The van der Waals surface area contributed by atoms with Crippen molar-refractivity contribution in [3.63, 3.8) is 0 Å². The average molecular weight is 564 g/mol. The third-order valence-electron chi connectivity index (χ3n) is 4.47. The number of carbonyl (C=O) groups excluding carboxylic acids is 2. The van der Waals surface area contributed by atoms with Gasteiger partial charge in [0.15, 0.2) is 0 Å². The Balaban J connectivity index is 2.35. The van der Waals surface area contributed by atoms with Crippen LogP contribution in [0, 0.1) is 3.57 Å². The second kappa shape index (κ2) is 10.5. The van der Waals surface area contributed by atoms with E-state index in [-0.39, 0.29) is 12.5 Å². The summed E-state index contributed by atoms with van der Waals surface area (Å²) in [6.45, 7) is 1.31. The maximum atomic E-state index is 13.2. The Kier molecular flexibility index (Phi) is 8.51. The van der Waals surface area contributed by atoms with Crippen LogP contribution in [0.2, 0.25) is 5.02 Å². The van der Waals surface area contributed by atoms with Crippen molar-refractivity contribution in [2.45, 2.75) is 19.5 Å². The van der Waals surface area contributed by atoms with Gasteiger partial charge < -0.3 is 10.2 Å². The van der Waals surface area contributed by atoms with Crippen LogP contribution < -0.4 is 9.62 Å². The largest absolute Gasteiger partial charge is 0.357 e. The minimum absolute atomic E-state index is 0.134. The van der Waals surface area contributed by atoms with Crippen molar-refractivity contribution >= 4 is 61.7 Å². The smallest absolute Gasteiger partial charge is 0.244 e. The topological polar surface area (TPSA) is 86.8 Å². The van der Waals surface area contributed by atoms with Gasteiger partial charge in [0.2, 0.25) is 21.8 Å². The molecule has 2 aromatic carbocycles. The zero-order valence-electron chi connectivity index (χ0n) is 16.8. The number of hydrogen-bond acceptors (Lipinski definition) is 4. The molecule has 0 unspecified atom stereocenters. The van der Waals surface area contributed by atoms with E-state index >= 15 is 0 Å². The highest BCUT2D eigenvalue weighted by atomic mass is 127. The number of anilines is 1. The highest BCUT2D eigenvalue weighted by Crippen LogP contribution is 2.20. The second-order valence-electron chi connectivity index (χ2n) is 6.68. The normalized spacial score (nSPS) is 12.2. The molecule has 0 fully saturated rings. The van der Waals surface area contributed by atoms with E-state index in [0.29, 0.717) is 10.7 Å². The van der Waals surface area contributed by atoms with Crippen LogP contribution in [0.4, 0.5) is 5.69 Å². The quantitative estimate of drug-likeness (QED) is 0.501. The number of hydrogen-bond donors (Lipinski definition) is 1. The highest BCUT2D eigenvalue weighted by Gasteiger charge is 2.29. The van der Waals surface area contributed by atoms with Gasteiger partial charge in [0, 0.05) is 22.2 Å². The molecule has 30 heavy (non-hydrogen) atoms. The van der Waals surface area contributed by atoms with Gasteiger partial charge in [0.1, 0.15) is 12.6 Å². The summed E-state index contributed by atoms with van der Waals surface area (Å²) in [7, 11) is -2.24. The molecule has 2 amide bonds. The number of sulfonamides is 1. The van der Waals surface area contributed by atoms with Gasteiger partial charge >= 0.3 is 0 Å². The first-order valence-electron chi connectivity index (χ1n) is 9.01. The molecule has 2 rings (SSSR count). The number of likely N-dealkylation sites (N-methyl/N-ethyl adjacent to an activating group) is 1. The van der Waals surface area contributed by atoms with Gasteiger partial charge in [0.05, 0.1) is 11.9 Å². The van der Waals surface area contributed by atoms with Crippen molar-refractivity contribution in [3.05, 3.63) is 62.7 Å². The number of rotatable bonds is 8. The summed E-state index contributed by atoms with van der Waals surface area (Å²) in [6.07, 6.45) is 1.05. The number of carbonyl (C=O) groups is 2. The first kappa shape index (κ1) is 24.4. The molecule has 0 saturated heterocycles. The van der Waals surface area contributed by atoms with Crippen LogP contribution in [0.5, 0.6) is 0 Å². The predicted octanol–water partition coefficient (Wildman–Crippen LogP) is 2.87. The molecule has 7 nitrogen and oxygen atoms in total. The maximum absolute atomic E-state index is 13.2. The van der Waals surface area contributed by atoms with Gasteiger partial charge in [-0.1, -0.05) is 23.7 Å². The molecular formula is C20H23ClIN3O4S. The molecule has 0 heterocycles. The third kappa shape index (κ3) is 6.58. The second-order valence-corrected chi connectivity index (χ2v) is 10.3. The van der Waals surface area contributed by atoms with Gasteiger partial charge in [-0.2, -0.15) is 0 Å². The van der Waals surface area contributed by atoms with Crippen LogP contribution in [0.15, 0.2) is 48.5 Å². The minimum Gasteiger partial charge on any atom is -0.357 e. The molecule has 0 aliphatic carbocycles. The van der Waals surface area contributed by atoms with Crippen molar-refractivity contribution in [2.75, 3.05) is 24.2 Å². The maximum Gasteiger partial charge on any atom is 0.244 e. The Morgan fingerprint density at radius 3 is 2.17 bits per heavy atom. The fourth-order valence-electron chi connectivity index (χ4n) is 2.80. The summed E-state index contributed by atoms with van der Waals surface area (Å²) in [5, 5.41) is 3.08. The highest BCUT2D eigenvalue weighted by molar-refractivity contribution is 14.1. The molecular weight excluding hydrogens is 541 g/mol. The Bertz CT molecular complexity index is 998. The van der Waals surface area contributed by atoms with Gasteiger partial charge in [-0.3, -0.25) is 13.9 Å². The van der Waals surface area contributed by atoms with Crippen molar-refractivity contribution < 1.29 is 18.0 Å². The summed E-state index contributed by atoms with van der Waals surface area (Å²) in [4.78, 5) is 26.8. The predicted molar refractivity (Wildman–Crippen MR) is 127 cm³/mol. The van der Waals surface area contributed by atoms with E-state index in [1.54, 1.807) is 55.5 Å². The molecule has 10 heteroatoms. The Labute approximate surface area is 195 Å². The van der Waals surface area contributed by atoms with Gasteiger partial charge in [-0.05, 0) is 71.5 Å². The number of amides is 2.